The normalized spacial score (nSPS) is 23.9. The van der Waals surface area contributed by atoms with Crippen molar-refractivity contribution in [2.45, 2.75) is 177 Å². The molecule has 0 aliphatic heterocycles. The van der Waals surface area contributed by atoms with Crippen molar-refractivity contribution in [2.75, 3.05) is 52.7 Å². The van der Waals surface area contributed by atoms with E-state index in [4.69, 9.17) is 37.9 Å². The maximum atomic E-state index is 12.6. The van der Waals surface area contributed by atoms with Crippen LogP contribution in [0.25, 0.3) is 0 Å². The quantitative estimate of drug-likeness (QED) is 0.0425. The summed E-state index contributed by atoms with van der Waals surface area (Å²) >= 11 is 2.11. The van der Waals surface area contributed by atoms with Gasteiger partial charge < -0.3 is 48.5 Å². The van der Waals surface area contributed by atoms with Crippen molar-refractivity contribution in [3.63, 3.8) is 0 Å². The summed E-state index contributed by atoms with van der Waals surface area (Å²) in [6, 6.07) is 0. The van der Waals surface area contributed by atoms with Crippen molar-refractivity contribution in [1.82, 2.24) is 10.6 Å². The fourth-order valence-electron chi connectivity index (χ4n) is 7.84. The molecule has 336 valence electrons. The maximum Gasteiger partial charge on any atom is 0.407 e. The Balaban J connectivity index is 1.12. The first-order chi connectivity index (χ1) is 28.5. The van der Waals surface area contributed by atoms with Crippen LogP contribution in [-0.4, -0.2) is 124 Å². The molecule has 0 spiro atoms. The van der Waals surface area contributed by atoms with Crippen LogP contribution in [0.1, 0.15) is 129 Å². The minimum absolute atomic E-state index is 0.0331. The second kappa shape index (κ2) is 27.9. The Morgan fingerprint density at radius 1 is 0.508 bits per heavy atom. The van der Waals surface area contributed by atoms with E-state index in [0.29, 0.717) is 21.6 Å². The van der Waals surface area contributed by atoms with E-state index in [0.717, 1.165) is 103 Å². The van der Waals surface area contributed by atoms with Crippen LogP contribution in [0.5, 0.6) is 0 Å². The highest BCUT2D eigenvalue weighted by Crippen LogP contribution is 2.38. The number of alkyl carbamates (subject to hydrolysis) is 2. The first-order valence-electron chi connectivity index (χ1n) is 22.2. The van der Waals surface area contributed by atoms with E-state index in [1.54, 1.807) is 13.8 Å². The zero-order valence-corrected chi connectivity index (χ0v) is 36.5. The van der Waals surface area contributed by atoms with Gasteiger partial charge in [0, 0.05) is 21.6 Å². The van der Waals surface area contributed by atoms with E-state index in [1.807, 2.05) is 0 Å². The van der Waals surface area contributed by atoms with E-state index in [9.17, 15) is 19.2 Å². The number of thioether (sulfide) groups is 1. The number of amides is 2. The van der Waals surface area contributed by atoms with Crippen molar-refractivity contribution >= 4 is 35.9 Å². The van der Waals surface area contributed by atoms with E-state index >= 15 is 0 Å². The second-order valence-corrected chi connectivity index (χ2v) is 18.1. The summed E-state index contributed by atoms with van der Waals surface area (Å²) in [6.45, 7) is 11.7. The van der Waals surface area contributed by atoms with E-state index in [-0.39, 0.29) is 77.1 Å². The van der Waals surface area contributed by atoms with Gasteiger partial charge in [0.15, 0.2) is 12.2 Å². The number of carbonyl (C=O) groups is 4. The predicted octanol–water partition coefficient (Wildman–Crippen LogP) is 7.50. The third-order valence-corrected chi connectivity index (χ3v) is 13.0. The van der Waals surface area contributed by atoms with Gasteiger partial charge in [-0.15, -0.1) is 0 Å². The number of ether oxygens (including phenoxy) is 8. The molecule has 0 aromatic heterocycles. The van der Waals surface area contributed by atoms with Gasteiger partial charge in [-0.3, -0.25) is 0 Å². The Labute approximate surface area is 356 Å². The topological polar surface area (TPSA) is 166 Å². The van der Waals surface area contributed by atoms with Gasteiger partial charge >= 0.3 is 24.1 Å². The van der Waals surface area contributed by atoms with Crippen LogP contribution in [0, 0.1) is 0 Å². The standard InChI is InChI=1S/C44H72N2O12S/c1-31(2)41(47)51-25-23-45-43(49)57-37(27-53-33-11-7-5-8-12-33)29-55-35-15-19-39(20-16-35)59-40-21-17-36(18-22-40)56-30-38(28-54-34-13-9-6-10-14-34)58-44(50)46-24-26-52-42(48)32(3)4/h33-40H,1,3,5-30H2,2,4H3,(H,45,49)(H,46,50). The molecular formula is C44H72N2O12S. The highest BCUT2D eigenvalue weighted by Gasteiger charge is 2.30. The largest absolute Gasteiger partial charge is 0.460 e. The van der Waals surface area contributed by atoms with Crippen LogP contribution in [0.15, 0.2) is 24.3 Å². The summed E-state index contributed by atoms with van der Waals surface area (Å²) in [5, 5.41) is 6.47. The summed E-state index contributed by atoms with van der Waals surface area (Å²) in [5.41, 5.74) is 0.610. The Hall–Kier alpha value is -2.85. The molecule has 14 nitrogen and oxygen atoms in total. The Bertz CT molecular complexity index is 1190. The van der Waals surface area contributed by atoms with Crippen molar-refractivity contribution in [1.29, 1.82) is 0 Å². The molecule has 2 N–H and O–H groups in total. The number of hydrogen-bond acceptors (Lipinski definition) is 13. The minimum atomic E-state index is -0.589. The van der Waals surface area contributed by atoms with Gasteiger partial charge in [-0.2, -0.15) is 11.8 Å². The predicted molar refractivity (Wildman–Crippen MR) is 225 cm³/mol. The smallest absolute Gasteiger partial charge is 0.407 e. The molecule has 0 aromatic carbocycles. The van der Waals surface area contributed by atoms with Crippen LogP contribution in [0.3, 0.4) is 0 Å². The van der Waals surface area contributed by atoms with Gasteiger partial charge in [0.2, 0.25) is 0 Å². The zero-order valence-electron chi connectivity index (χ0n) is 35.7. The number of hydrogen-bond donors (Lipinski definition) is 2. The summed E-state index contributed by atoms with van der Waals surface area (Å²) in [4.78, 5) is 48.4. The Morgan fingerprint density at radius 2 is 0.831 bits per heavy atom. The fourth-order valence-corrected chi connectivity index (χ4v) is 9.47. The summed E-state index contributed by atoms with van der Waals surface area (Å²) < 4.78 is 46.5. The molecule has 4 aliphatic rings. The van der Waals surface area contributed by atoms with Gasteiger partial charge in [-0.25, -0.2) is 19.2 Å². The molecule has 2 atom stereocenters. The van der Waals surface area contributed by atoms with Crippen LogP contribution >= 0.6 is 11.8 Å². The number of carbonyl (C=O) groups excluding carboxylic acids is 4. The molecule has 0 bridgehead atoms. The minimum Gasteiger partial charge on any atom is -0.460 e. The van der Waals surface area contributed by atoms with Crippen LogP contribution < -0.4 is 10.6 Å². The molecule has 59 heavy (non-hydrogen) atoms. The molecule has 15 heteroatoms. The van der Waals surface area contributed by atoms with Crippen molar-refractivity contribution in [3.05, 3.63) is 24.3 Å². The molecule has 0 aromatic rings. The van der Waals surface area contributed by atoms with Crippen LogP contribution in [-0.2, 0) is 47.5 Å². The van der Waals surface area contributed by atoms with Crippen LogP contribution in [0.4, 0.5) is 9.59 Å². The van der Waals surface area contributed by atoms with Gasteiger partial charge in [-0.1, -0.05) is 51.7 Å². The SMILES string of the molecule is C=C(C)C(=O)OCCNC(=O)OC(COC1CCCCC1)COC1CCC(SC2CCC(OCC(COC3CCCCC3)OC(=O)NCCOC(=O)C(=C)C)CC2)CC1. The van der Waals surface area contributed by atoms with Gasteiger partial charge in [0.05, 0.1) is 63.9 Å². The molecule has 4 aliphatic carbocycles. The van der Waals surface area contributed by atoms with Gasteiger partial charge in [-0.05, 0) is 90.9 Å². The molecule has 4 rings (SSSR count). The van der Waals surface area contributed by atoms with Gasteiger partial charge in [0.25, 0.3) is 0 Å². The monoisotopic (exact) mass is 852 g/mol. The zero-order chi connectivity index (χ0) is 42.2. The molecule has 2 amide bonds. The molecular weight excluding hydrogens is 781 g/mol. The lowest BCUT2D eigenvalue weighted by Gasteiger charge is -2.34. The van der Waals surface area contributed by atoms with E-state index < -0.39 is 36.3 Å². The molecule has 0 heterocycles. The van der Waals surface area contributed by atoms with Gasteiger partial charge in [0.1, 0.15) is 13.2 Å². The number of esters is 2. The van der Waals surface area contributed by atoms with Crippen LogP contribution in [0.2, 0.25) is 0 Å². The number of rotatable bonds is 24. The Morgan fingerprint density at radius 3 is 1.15 bits per heavy atom. The molecule has 0 radical (unpaired) electrons. The van der Waals surface area contributed by atoms with Crippen molar-refractivity contribution < 1.29 is 57.1 Å². The highest BCUT2D eigenvalue weighted by atomic mass is 32.2. The number of nitrogens with one attached hydrogen (secondary N) is 2. The molecule has 4 saturated carbocycles. The van der Waals surface area contributed by atoms with Crippen molar-refractivity contribution in [2.24, 2.45) is 0 Å². The third kappa shape index (κ3) is 20.5. The second-order valence-electron chi connectivity index (χ2n) is 16.5. The average Bonchev–Trinajstić information content (AvgIpc) is 3.24. The first-order valence-corrected chi connectivity index (χ1v) is 23.1. The van der Waals surface area contributed by atoms with E-state index in [2.05, 4.69) is 35.6 Å². The lowest BCUT2D eigenvalue weighted by Crippen LogP contribution is -2.38. The van der Waals surface area contributed by atoms with Crippen molar-refractivity contribution in [3.8, 4) is 0 Å². The fraction of sp³-hybridized carbons (Fsp3) is 0.818. The Kier molecular flexibility index (Phi) is 23.1. The van der Waals surface area contributed by atoms with E-state index in [1.165, 1.54) is 12.8 Å². The molecule has 2 unspecified atom stereocenters. The lowest BCUT2D eigenvalue weighted by molar-refractivity contribution is -0.139. The average molecular weight is 853 g/mol. The maximum absolute atomic E-state index is 12.6. The highest BCUT2D eigenvalue weighted by molar-refractivity contribution is 8.00. The summed E-state index contributed by atoms with van der Waals surface area (Å²) in [7, 11) is 0. The first kappa shape index (κ1) is 48.8. The lowest BCUT2D eigenvalue weighted by atomic mass is 9.96. The summed E-state index contributed by atoms with van der Waals surface area (Å²) in [5.74, 6) is -0.991. The summed E-state index contributed by atoms with van der Waals surface area (Å²) in [6.07, 6.45) is 17.7. The molecule has 4 fully saturated rings. The third-order valence-electron chi connectivity index (χ3n) is 11.3. The molecule has 0 saturated heterocycles.